The number of methoxy groups -OCH3 is 1. The number of amides is 2. The van der Waals surface area contributed by atoms with E-state index in [0.29, 0.717) is 35.0 Å². The number of benzene rings is 1. The molecular formula is C17H18N4O3. The van der Waals surface area contributed by atoms with Crippen LogP contribution in [0.5, 0.6) is 0 Å². The summed E-state index contributed by atoms with van der Waals surface area (Å²) in [4.78, 5) is 20.5. The minimum absolute atomic E-state index is 0.0835. The first kappa shape index (κ1) is 15.9. The lowest BCUT2D eigenvalue weighted by atomic mass is 10.3. The average molecular weight is 326 g/mol. The zero-order chi connectivity index (χ0) is 16.9. The van der Waals surface area contributed by atoms with Gasteiger partial charge in [0.05, 0.1) is 12.6 Å². The van der Waals surface area contributed by atoms with E-state index in [1.54, 1.807) is 31.5 Å². The van der Waals surface area contributed by atoms with Crippen molar-refractivity contribution in [2.45, 2.75) is 13.0 Å². The molecule has 0 aliphatic carbocycles. The third-order valence-corrected chi connectivity index (χ3v) is 3.32. The topological polar surface area (TPSA) is 89.3 Å². The van der Waals surface area contributed by atoms with E-state index in [0.717, 1.165) is 0 Å². The number of rotatable bonds is 5. The van der Waals surface area contributed by atoms with Gasteiger partial charge in [-0.15, -0.1) is 0 Å². The monoisotopic (exact) mass is 326 g/mol. The number of ether oxygens (including phenoxy) is 1. The van der Waals surface area contributed by atoms with Crippen molar-refractivity contribution < 1.29 is 13.9 Å². The molecule has 0 radical (unpaired) electrons. The highest BCUT2D eigenvalue weighted by Crippen LogP contribution is 2.25. The van der Waals surface area contributed by atoms with Crippen LogP contribution >= 0.6 is 0 Å². The Morgan fingerprint density at radius 1 is 1.33 bits per heavy atom. The number of oxazole rings is 1. The summed E-state index contributed by atoms with van der Waals surface area (Å²) in [6.07, 6.45) is 1.68. The van der Waals surface area contributed by atoms with E-state index in [1.165, 1.54) is 0 Å². The predicted octanol–water partition coefficient (Wildman–Crippen LogP) is 3.05. The van der Waals surface area contributed by atoms with Crippen molar-refractivity contribution >= 4 is 22.8 Å². The van der Waals surface area contributed by atoms with Crippen molar-refractivity contribution in [1.29, 1.82) is 0 Å². The zero-order valence-corrected chi connectivity index (χ0v) is 13.4. The van der Waals surface area contributed by atoms with Gasteiger partial charge in [-0.1, -0.05) is 6.07 Å². The Balaban J connectivity index is 1.75. The van der Waals surface area contributed by atoms with E-state index in [1.807, 2.05) is 25.1 Å². The number of carbonyl (C=O) groups is 1. The van der Waals surface area contributed by atoms with Crippen molar-refractivity contribution in [1.82, 2.24) is 15.3 Å². The predicted molar refractivity (Wildman–Crippen MR) is 90.7 cm³/mol. The lowest BCUT2D eigenvalue weighted by Gasteiger charge is -2.13. The van der Waals surface area contributed by atoms with Gasteiger partial charge >= 0.3 is 6.03 Å². The Morgan fingerprint density at radius 3 is 2.96 bits per heavy atom. The molecule has 0 saturated carbocycles. The maximum Gasteiger partial charge on any atom is 0.319 e. The molecular weight excluding hydrogens is 308 g/mol. The average Bonchev–Trinajstić information content (AvgIpc) is 2.99. The maximum absolute atomic E-state index is 11.9. The summed E-state index contributed by atoms with van der Waals surface area (Å²) in [7, 11) is 1.59. The molecule has 0 aliphatic rings. The maximum atomic E-state index is 11.9. The summed E-state index contributed by atoms with van der Waals surface area (Å²) in [5, 5.41) is 5.54. The second-order valence-corrected chi connectivity index (χ2v) is 5.37. The highest BCUT2D eigenvalue weighted by molar-refractivity contribution is 5.91. The molecule has 0 saturated heterocycles. The summed E-state index contributed by atoms with van der Waals surface area (Å²) >= 11 is 0. The smallest absolute Gasteiger partial charge is 0.319 e. The molecule has 124 valence electrons. The van der Waals surface area contributed by atoms with Crippen LogP contribution < -0.4 is 10.6 Å². The van der Waals surface area contributed by atoms with Crippen molar-refractivity contribution in [2.75, 3.05) is 19.0 Å². The van der Waals surface area contributed by atoms with Crippen LogP contribution in [0.2, 0.25) is 0 Å². The summed E-state index contributed by atoms with van der Waals surface area (Å²) in [5.41, 5.74) is 2.57. The highest BCUT2D eigenvalue weighted by Gasteiger charge is 2.11. The fourth-order valence-electron chi connectivity index (χ4n) is 2.28. The molecule has 2 heterocycles. The molecule has 2 aromatic heterocycles. The molecule has 1 atom stereocenters. The molecule has 0 aliphatic heterocycles. The van der Waals surface area contributed by atoms with Gasteiger partial charge in [0.1, 0.15) is 11.2 Å². The van der Waals surface area contributed by atoms with E-state index < -0.39 is 0 Å². The molecule has 7 heteroatoms. The number of urea groups is 1. The number of aromatic nitrogens is 2. The Bertz CT molecular complexity index is 832. The van der Waals surface area contributed by atoms with Gasteiger partial charge in [-0.05, 0) is 31.2 Å². The molecule has 0 fully saturated rings. The number of nitrogens with zero attached hydrogens (tertiary/aromatic N) is 2. The van der Waals surface area contributed by atoms with Crippen LogP contribution in [0.3, 0.4) is 0 Å². The van der Waals surface area contributed by atoms with Crippen LogP contribution in [0.1, 0.15) is 6.92 Å². The van der Waals surface area contributed by atoms with Gasteiger partial charge in [0.25, 0.3) is 0 Å². The van der Waals surface area contributed by atoms with E-state index in [4.69, 9.17) is 9.15 Å². The summed E-state index contributed by atoms with van der Waals surface area (Å²) in [6, 6.07) is 10.4. The van der Waals surface area contributed by atoms with Crippen LogP contribution in [0.4, 0.5) is 10.5 Å². The molecule has 0 bridgehead atoms. The minimum Gasteiger partial charge on any atom is -0.435 e. The van der Waals surface area contributed by atoms with Gasteiger partial charge in [-0.2, -0.15) is 0 Å². The normalized spacial score (nSPS) is 12.1. The standard InChI is InChI=1S/C17H18N4O3/c1-11(10-23-2)19-17(22)20-12-6-7-13-15(9-12)24-16(21-13)14-5-3-4-8-18-14/h3-9,11H,10H2,1-2H3,(H2,19,20,22)/t11-/m0/s1. The van der Waals surface area contributed by atoms with E-state index in [2.05, 4.69) is 20.6 Å². The molecule has 2 N–H and O–H groups in total. The molecule has 3 aromatic rings. The zero-order valence-electron chi connectivity index (χ0n) is 13.4. The van der Waals surface area contributed by atoms with E-state index in [9.17, 15) is 4.79 Å². The van der Waals surface area contributed by atoms with Crippen LogP contribution in [-0.2, 0) is 4.74 Å². The van der Waals surface area contributed by atoms with Gasteiger partial charge in [-0.25, -0.2) is 9.78 Å². The first-order valence-corrected chi connectivity index (χ1v) is 7.54. The number of nitrogens with one attached hydrogen (secondary N) is 2. The van der Waals surface area contributed by atoms with E-state index in [-0.39, 0.29) is 12.1 Å². The molecule has 2 amide bonds. The van der Waals surface area contributed by atoms with Gasteiger partial charge < -0.3 is 19.8 Å². The van der Waals surface area contributed by atoms with Crippen LogP contribution in [0.25, 0.3) is 22.7 Å². The third kappa shape index (κ3) is 3.69. The molecule has 0 unspecified atom stereocenters. The third-order valence-electron chi connectivity index (χ3n) is 3.32. The number of hydrogen-bond donors (Lipinski definition) is 2. The first-order valence-electron chi connectivity index (χ1n) is 7.54. The minimum atomic E-state index is -0.302. The van der Waals surface area contributed by atoms with Gasteiger partial charge in [-0.3, -0.25) is 4.98 Å². The van der Waals surface area contributed by atoms with Gasteiger partial charge in [0, 0.05) is 25.1 Å². The summed E-state index contributed by atoms with van der Waals surface area (Å²) < 4.78 is 10.7. The quantitative estimate of drug-likeness (QED) is 0.752. The molecule has 3 rings (SSSR count). The van der Waals surface area contributed by atoms with Gasteiger partial charge in [0.15, 0.2) is 5.58 Å². The van der Waals surface area contributed by atoms with E-state index >= 15 is 0 Å². The fraction of sp³-hybridized carbons (Fsp3) is 0.235. The second-order valence-electron chi connectivity index (χ2n) is 5.37. The molecule has 1 aromatic carbocycles. The molecule has 0 spiro atoms. The largest absolute Gasteiger partial charge is 0.435 e. The second kappa shape index (κ2) is 7.10. The number of hydrogen-bond acceptors (Lipinski definition) is 5. The summed E-state index contributed by atoms with van der Waals surface area (Å²) in [5.74, 6) is 0.445. The van der Waals surface area contributed by atoms with Crippen LogP contribution in [0, 0.1) is 0 Å². The number of pyridine rings is 1. The van der Waals surface area contributed by atoms with Crippen molar-refractivity contribution in [3.05, 3.63) is 42.6 Å². The Kier molecular flexibility index (Phi) is 4.72. The Hall–Kier alpha value is -2.93. The van der Waals surface area contributed by atoms with Crippen LogP contribution in [0.15, 0.2) is 47.0 Å². The lowest BCUT2D eigenvalue weighted by Crippen LogP contribution is -2.38. The SMILES string of the molecule is COC[C@H](C)NC(=O)Nc1ccc2nc(-c3ccccn3)oc2c1. The van der Waals surface area contributed by atoms with Crippen LogP contribution in [-0.4, -0.2) is 35.8 Å². The Labute approximate surface area is 139 Å². The number of carbonyl (C=O) groups excluding carboxylic acids is 1. The highest BCUT2D eigenvalue weighted by atomic mass is 16.5. The number of anilines is 1. The Morgan fingerprint density at radius 2 is 2.21 bits per heavy atom. The van der Waals surface area contributed by atoms with Gasteiger partial charge in [0.2, 0.25) is 5.89 Å². The van der Waals surface area contributed by atoms with Crippen molar-refractivity contribution in [2.24, 2.45) is 0 Å². The number of fused-ring (bicyclic) bond motifs is 1. The van der Waals surface area contributed by atoms with Crippen molar-refractivity contribution in [3.8, 4) is 11.6 Å². The molecule has 24 heavy (non-hydrogen) atoms. The first-order chi connectivity index (χ1) is 11.7. The summed E-state index contributed by atoms with van der Waals surface area (Å²) in [6.45, 7) is 2.31. The fourth-order valence-corrected chi connectivity index (χ4v) is 2.28. The molecule has 7 nitrogen and oxygen atoms in total. The lowest BCUT2D eigenvalue weighted by molar-refractivity contribution is 0.173. The van der Waals surface area contributed by atoms with Crippen molar-refractivity contribution in [3.63, 3.8) is 0 Å².